The number of hydrogen-bond acceptors (Lipinski definition) is 6. The Morgan fingerprint density at radius 2 is 1.87 bits per heavy atom. The Labute approximate surface area is 132 Å². The van der Waals surface area contributed by atoms with Gasteiger partial charge in [0, 0.05) is 25.3 Å². The normalized spacial score (nSPS) is 10.3. The van der Waals surface area contributed by atoms with E-state index in [9.17, 15) is 9.59 Å². The Morgan fingerprint density at radius 3 is 2.61 bits per heavy atom. The maximum Gasteiger partial charge on any atom is 0.313 e. The minimum atomic E-state index is -0.743. The number of nitrogens with zero attached hydrogens (tertiary/aromatic N) is 3. The van der Waals surface area contributed by atoms with Crippen LogP contribution in [0.3, 0.4) is 0 Å². The van der Waals surface area contributed by atoms with Gasteiger partial charge in [-0.3, -0.25) is 14.2 Å². The molecule has 1 aromatic heterocycles. The van der Waals surface area contributed by atoms with Gasteiger partial charge in [0.15, 0.2) is 0 Å². The van der Waals surface area contributed by atoms with Crippen molar-refractivity contribution in [3.63, 3.8) is 0 Å². The van der Waals surface area contributed by atoms with Gasteiger partial charge in [0.25, 0.3) is 0 Å². The lowest BCUT2D eigenvalue weighted by molar-refractivity contribution is -0.136. The molecule has 0 bridgehead atoms. The fraction of sp³-hybridized carbons (Fsp3) is 0.286. The molecule has 1 aromatic carbocycles. The first-order valence-electron chi connectivity index (χ1n) is 7.06. The molecule has 0 saturated carbocycles. The molecule has 2 aromatic rings. The molecule has 2 amide bonds. The second kappa shape index (κ2) is 8.61. The maximum absolute atomic E-state index is 11.8. The molecule has 0 unspecified atom stereocenters. The van der Waals surface area contributed by atoms with E-state index in [0.717, 1.165) is 5.69 Å². The summed E-state index contributed by atoms with van der Waals surface area (Å²) in [6.45, 7) is 1.24. The average molecular weight is 318 g/mol. The van der Waals surface area contributed by atoms with Crippen molar-refractivity contribution in [3.8, 4) is 5.69 Å². The van der Waals surface area contributed by atoms with Gasteiger partial charge >= 0.3 is 11.8 Å². The van der Waals surface area contributed by atoms with Gasteiger partial charge in [-0.15, -0.1) is 10.2 Å². The fourth-order valence-corrected chi connectivity index (χ4v) is 1.81. The summed E-state index contributed by atoms with van der Waals surface area (Å²) in [4.78, 5) is 23.5. The highest BCUT2D eigenvalue weighted by Gasteiger charge is 2.13. The van der Waals surface area contributed by atoms with Gasteiger partial charge in [0.1, 0.15) is 12.7 Å². The van der Waals surface area contributed by atoms with E-state index in [1.807, 2.05) is 6.07 Å². The van der Waals surface area contributed by atoms with Gasteiger partial charge in [-0.1, -0.05) is 6.07 Å². The molecule has 0 fully saturated rings. The second-order valence-electron chi connectivity index (χ2n) is 4.60. The summed E-state index contributed by atoms with van der Waals surface area (Å²) in [5.74, 6) is -1.46. The van der Waals surface area contributed by atoms with Crippen LogP contribution in [0.25, 0.3) is 5.69 Å². The number of anilines is 1. The van der Waals surface area contributed by atoms with Crippen LogP contribution in [0.4, 0.5) is 5.69 Å². The van der Waals surface area contributed by atoms with Crippen LogP contribution >= 0.6 is 0 Å². The second-order valence-corrected chi connectivity index (χ2v) is 4.60. The summed E-state index contributed by atoms with van der Waals surface area (Å²) in [7, 11) is 0. The molecule has 0 radical (unpaired) electrons. The molecule has 9 heteroatoms. The molecule has 4 N–H and O–H groups in total. The zero-order valence-electron chi connectivity index (χ0n) is 12.4. The van der Waals surface area contributed by atoms with Gasteiger partial charge in [-0.05, 0) is 18.2 Å². The van der Waals surface area contributed by atoms with Crippen LogP contribution in [0, 0.1) is 0 Å². The van der Waals surface area contributed by atoms with Crippen molar-refractivity contribution >= 4 is 17.5 Å². The highest BCUT2D eigenvalue weighted by atomic mass is 16.3. The van der Waals surface area contributed by atoms with E-state index in [4.69, 9.17) is 5.11 Å². The van der Waals surface area contributed by atoms with Gasteiger partial charge in [0.2, 0.25) is 0 Å². The number of carbonyl (C=O) groups excluding carboxylic acids is 2. The van der Waals surface area contributed by atoms with Crippen molar-refractivity contribution in [2.45, 2.75) is 0 Å². The molecular weight excluding hydrogens is 300 g/mol. The minimum Gasteiger partial charge on any atom is -0.395 e. The number of aliphatic hydroxyl groups is 1. The number of aromatic nitrogens is 3. The summed E-state index contributed by atoms with van der Waals surface area (Å²) < 4.78 is 1.68. The molecular formula is C14H18N6O3. The van der Waals surface area contributed by atoms with Crippen molar-refractivity contribution in [2.24, 2.45) is 0 Å². The van der Waals surface area contributed by atoms with E-state index >= 15 is 0 Å². The van der Waals surface area contributed by atoms with E-state index in [1.165, 1.54) is 12.7 Å². The molecule has 2 rings (SSSR count). The first-order valence-corrected chi connectivity index (χ1v) is 7.06. The number of rotatable bonds is 7. The Kier molecular flexibility index (Phi) is 6.21. The number of amides is 2. The highest BCUT2D eigenvalue weighted by molar-refractivity contribution is 6.39. The van der Waals surface area contributed by atoms with E-state index in [0.29, 0.717) is 25.3 Å². The summed E-state index contributed by atoms with van der Waals surface area (Å²) in [6.07, 6.45) is 3.07. The third kappa shape index (κ3) is 5.16. The molecule has 122 valence electrons. The van der Waals surface area contributed by atoms with Gasteiger partial charge < -0.3 is 21.1 Å². The lowest BCUT2D eigenvalue weighted by Gasteiger charge is -2.08. The Balaban J connectivity index is 1.85. The first-order chi connectivity index (χ1) is 11.2. The molecule has 0 aliphatic rings. The van der Waals surface area contributed by atoms with Crippen molar-refractivity contribution in [1.82, 2.24) is 25.4 Å². The van der Waals surface area contributed by atoms with Crippen molar-refractivity contribution in [2.75, 3.05) is 31.6 Å². The maximum atomic E-state index is 11.8. The van der Waals surface area contributed by atoms with E-state index < -0.39 is 11.8 Å². The Bertz CT molecular complexity index is 644. The SMILES string of the molecule is O=C(NCCNCCO)C(=O)Nc1cccc(-n2cnnc2)c1. The van der Waals surface area contributed by atoms with E-state index in [1.54, 1.807) is 22.8 Å². The van der Waals surface area contributed by atoms with Crippen molar-refractivity contribution < 1.29 is 14.7 Å². The van der Waals surface area contributed by atoms with Crippen LogP contribution in [0.15, 0.2) is 36.9 Å². The van der Waals surface area contributed by atoms with Crippen LogP contribution in [0.1, 0.15) is 0 Å². The van der Waals surface area contributed by atoms with Crippen LogP contribution in [0.5, 0.6) is 0 Å². The van der Waals surface area contributed by atoms with Crippen LogP contribution in [-0.2, 0) is 9.59 Å². The third-order valence-corrected chi connectivity index (χ3v) is 2.90. The molecule has 0 aliphatic heterocycles. The standard InChI is InChI=1S/C14H18N6O3/c21-7-6-15-4-5-16-13(22)14(23)19-11-2-1-3-12(8-11)20-9-17-18-10-20/h1-3,8-10,15,21H,4-7H2,(H,16,22)(H,19,23). The lowest BCUT2D eigenvalue weighted by atomic mass is 10.2. The molecule has 23 heavy (non-hydrogen) atoms. The first kappa shape index (κ1) is 16.6. The molecule has 0 spiro atoms. The molecule has 0 aliphatic carbocycles. The smallest absolute Gasteiger partial charge is 0.313 e. The summed E-state index contributed by atoms with van der Waals surface area (Å²) in [6, 6.07) is 6.97. The van der Waals surface area contributed by atoms with Gasteiger partial charge in [-0.2, -0.15) is 0 Å². The predicted octanol–water partition coefficient (Wildman–Crippen LogP) is -1.10. The van der Waals surface area contributed by atoms with Crippen molar-refractivity contribution in [1.29, 1.82) is 0 Å². The van der Waals surface area contributed by atoms with Crippen LogP contribution in [-0.4, -0.2) is 57.9 Å². The lowest BCUT2D eigenvalue weighted by Crippen LogP contribution is -2.39. The molecule has 0 saturated heterocycles. The quantitative estimate of drug-likeness (QED) is 0.380. The monoisotopic (exact) mass is 318 g/mol. The number of carbonyl (C=O) groups is 2. The molecule has 1 heterocycles. The third-order valence-electron chi connectivity index (χ3n) is 2.90. The summed E-state index contributed by atoms with van der Waals surface area (Å²) in [5, 5.41) is 23.9. The minimum absolute atomic E-state index is 0.0250. The largest absolute Gasteiger partial charge is 0.395 e. The highest BCUT2D eigenvalue weighted by Crippen LogP contribution is 2.13. The van der Waals surface area contributed by atoms with Crippen LogP contribution < -0.4 is 16.0 Å². The van der Waals surface area contributed by atoms with Crippen molar-refractivity contribution in [3.05, 3.63) is 36.9 Å². The predicted molar refractivity (Wildman–Crippen MR) is 83.0 cm³/mol. The number of aliphatic hydroxyl groups excluding tert-OH is 1. The van der Waals surface area contributed by atoms with E-state index in [2.05, 4.69) is 26.1 Å². The summed E-state index contributed by atoms with van der Waals surface area (Å²) >= 11 is 0. The molecule has 9 nitrogen and oxygen atoms in total. The number of nitrogens with one attached hydrogen (secondary N) is 3. The van der Waals surface area contributed by atoms with Gasteiger partial charge in [-0.25, -0.2) is 0 Å². The Morgan fingerprint density at radius 1 is 1.09 bits per heavy atom. The number of benzene rings is 1. The van der Waals surface area contributed by atoms with Gasteiger partial charge in [0.05, 0.1) is 12.3 Å². The molecule has 0 atom stereocenters. The fourth-order valence-electron chi connectivity index (χ4n) is 1.81. The summed E-state index contributed by atoms with van der Waals surface area (Å²) in [5.41, 5.74) is 1.26. The average Bonchev–Trinajstić information content (AvgIpc) is 3.09. The Hall–Kier alpha value is -2.78. The number of hydrogen-bond donors (Lipinski definition) is 4. The van der Waals surface area contributed by atoms with E-state index in [-0.39, 0.29) is 6.61 Å². The topological polar surface area (TPSA) is 121 Å². The zero-order chi connectivity index (χ0) is 16.5. The van der Waals surface area contributed by atoms with Crippen LogP contribution in [0.2, 0.25) is 0 Å². The zero-order valence-corrected chi connectivity index (χ0v) is 12.4.